The molecule has 1 aromatic carbocycles. The first kappa shape index (κ1) is 15.2. The molecule has 1 fully saturated rings. The summed E-state index contributed by atoms with van der Waals surface area (Å²) in [4.78, 5) is 24.3. The lowest BCUT2D eigenvalue weighted by molar-refractivity contribution is -0.139. The molecule has 0 bridgehead atoms. The Bertz CT molecular complexity index is 531. The smallest absolute Gasteiger partial charge is 0.326 e. The van der Waals surface area contributed by atoms with Gasteiger partial charge >= 0.3 is 5.97 Å². The Morgan fingerprint density at radius 3 is 2.75 bits per heavy atom. The molecule has 0 aromatic heterocycles. The van der Waals surface area contributed by atoms with Crippen molar-refractivity contribution in [3.8, 4) is 0 Å². The molecule has 2 N–H and O–H groups in total. The SMILES string of the molecule is CSc1ccc(Cl)c(C(=O)NC(CC2CC2)C(=O)O)c1. The first-order valence-corrected chi connectivity index (χ1v) is 7.98. The number of aliphatic carboxylic acids is 1. The number of rotatable bonds is 6. The average molecular weight is 314 g/mol. The number of carbonyl (C=O) groups is 2. The molecule has 1 atom stereocenters. The van der Waals surface area contributed by atoms with Gasteiger partial charge in [-0.3, -0.25) is 4.79 Å². The van der Waals surface area contributed by atoms with Gasteiger partial charge in [0.2, 0.25) is 0 Å². The predicted octanol–water partition coefficient (Wildman–Crippen LogP) is 3.05. The van der Waals surface area contributed by atoms with Gasteiger partial charge in [-0.15, -0.1) is 11.8 Å². The highest BCUT2D eigenvalue weighted by molar-refractivity contribution is 7.98. The summed E-state index contributed by atoms with van der Waals surface area (Å²) in [7, 11) is 0. The van der Waals surface area contributed by atoms with E-state index >= 15 is 0 Å². The maximum absolute atomic E-state index is 12.2. The molecular formula is C14H16ClNO3S. The van der Waals surface area contributed by atoms with Crippen LogP contribution in [0.25, 0.3) is 0 Å². The molecule has 1 aliphatic rings. The van der Waals surface area contributed by atoms with Crippen LogP contribution in [0.15, 0.2) is 23.1 Å². The number of halogens is 1. The monoisotopic (exact) mass is 313 g/mol. The summed E-state index contributed by atoms with van der Waals surface area (Å²) >= 11 is 7.51. The summed E-state index contributed by atoms with van der Waals surface area (Å²) in [5.41, 5.74) is 0.320. The van der Waals surface area contributed by atoms with Crippen molar-refractivity contribution in [2.75, 3.05) is 6.26 Å². The zero-order chi connectivity index (χ0) is 14.7. The average Bonchev–Trinajstić information content (AvgIpc) is 3.22. The second kappa shape index (κ2) is 6.50. The van der Waals surface area contributed by atoms with Crippen molar-refractivity contribution in [2.45, 2.75) is 30.2 Å². The Kier molecular flexibility index (Phi) is 4.94. The van der Waals surface area contributed by atoms with Crippen molar-refractivity contribution < 1.29 is 14.7 Å². The van der Waals surface area contributed by atoms with Crippen LogP contribution in [0.3, 0.4) is 0 Å². The summed E-state index contributed by atoms with van der Waals surface area (Å²) in [5, 5.41) is 12.1. The van der Waals surface area contributed by atoms with Crippen LogP contribution in [0.4, 0.5) is 0 Å². The minimum absolute atomic E-state index is 0.320. The van der Waals surface area contributed by atoms with Crippen LogP contribution in [0.5, 0.6) is 0 Å². The lowest BCUT2D eigenvalue weighted by atomic mass is 10.1. The Labute approximate surface area is 126 Å². The normalized spacial score (nSPS) is 15.7. The quantitative estimate of drug-likeness (QED) is 0.792. The molecule has 1 aliphatic carbocycles. The second-order valence-corrected chi connectivity index (χ2v) is 6.18. The number of hydrogen-bond donors (Lipinski definition) is 2. The molecule has 0 saturated heterocycles. The Balaban J connectivity index is 2.11. The largest absolute Gasteiger partial charge is 0.480 e. The van der Waals surface area contributed by atoms with Crippen molar-refractivity contribution in [2.24, 2.45) is 5.92 Å². The van der Waals surface area contributed by atoms with Gasteiger partial charge in [0, 0.05) is 4.90 Å². The topological polar surface area (TPSA) is 66.4 Å². The van der Waals surface area contributed by atoms with Crippen LogP contribution in [0.2, 0.25) is 5.02 Å². The van der Waals surface area contributed by atoms with E-state index in [1.807, 2.05) is 12.3 Å². The number of hydrogen-bond acceptors (Lipinski definition) is 3. The highest BCUT2D eigenvalue weighted by atomic mass is 35.5. The molecule has 108 valence electrons. The highest BCUT2D eigenvalue weighted by Crippen LogP contribution is 2.33. The third kappa shape index (κ3) is 3.90. The summed E-state index contributed by atoms with van der Waals surface area (Å²) in [5.74, 6) is -1.01. The molecule has 6 heteroatoms. The Morgan fingerprint density at radius 1 is 1.50 bits per heavy atom. The molecule has 1 amide bonds. The lowest BCUT2D eigenvalue weighted by Crippen LogP contribution is -2.41. The zero-order valence-electron chi connectivity index (χ0n) is 11.1. The molecule has 1 saturated carbocycles. The number of benzene rings is 1. The van der Waals surface area contributed by atoms with E-state index in [0.717, 1.165) is 17.7 Å². The number of carboxylic acids is 1. The molecule has 0 heterocycles. The molecule has 1 unspecified atom stereocenters. The molecule has 0 spiro atoms. The van der Waals surface area contributed by atoms with Gasteiger partial charge in [0.25, 0.3) is 5.91 Å². The maximum Gasteiger partial charge on any atom is 0.326 e. The van der Waals surface area contributed by atoms with E-state index in [2.05, 4.69) is 5.32 Å². The number of thioether (sulfide) groups is 1. The van der Waals surface area contributed by atoms with Gasteiger partial charge in [0.15, 0.2) is 0 Å². The number of carbonyl (C=O) groups excluding carboxylic acids is 1. The first-order valence-electron chi connectivity index (χ1n) is 6.38. The van der Waals surface area contributed by atoms with E-state index in [1.165, 1.54) is 11.8 Å². The molecule has 1 aromatic rings. The predicted molar refractivity (Wildman–Crippen MR) is 79.5 cm³/mol. The van der Waals surface area contributed by atoms with Gasteiger partial charge in [-0.2, -0.15) is 0 Å². The van der Waals surface area contributed by atoms with Crippen molar-refractivity contribution in [1.29, 1.82) is 0 Å². The molecule has 0 aliphatic heterocycles. The van der Waals surface area contributed by atoms with Gasteiger partial charge in [0.05, 0.1) is 10.6 Å². The van der Waals surface area contributed by atoms with Crippen LogP contribution in [-0.2, 0) is 4.79 Å². The Hall–Kier alpha value is -1.20. The third-order valence-corrected chi connectivity index (χ3v) is 4.34. The molecule has 4 nitrogen and oxygen atoms in total. The summed E-state index contributed by atoms with van der Waals surface area (Å²) in [6, 6.07) is 4.31. The summed E-state index contributed by atoms with van der Waals surface area (Å²) in [6.45, 7) is 0. The minimum Gasteiger partial charge on any atom is -0.480 e. The number of carboxylic acid groups (broad SMARTS) is 1. The highest BCUT2D eigenvalue weighted by Gasteiger charge is 2.30. The van der Waals surface area contributed by atoms with Crippen LogP contribution in [0.1, 0.15) is 29.6 Å². The summed E-state index contributed by atoms with van der Waals surface area (Å²) in [6.07, 6.45) is 4.48. The maximum atomic E-state index is 12.2. The summed E-state index contributed by atoms with van der Waals surface area (Å²) < 4.78 is 0. The van der Waals surface area contributed by atoms with E-state index in [4.69, 9.17) is 16.7 Å². The second-order valence-electron chi connectivity index (χ2n) is 4.89. The Morgan fingerprint density at radius 2 is 2.20 bits per heavy atom. The van der Waals surface area contributed by atoms with Gasteiger partial charge in [0.1, 0.15) is 6.04 Å². The molecule has 0 radical (unpaired) electrons. The van der Waals surface area contributed by atoms with Crippen LogP contribution >= 0.6 is 23.4 Å². The van der Waals surface area contributed by atoms with Gasteiger partial charge in [-0.1, -0.05) is 24.4 Å². The third-order valence-electron chi connectivity index (χ3n) is 3.29. The van der Waals surface area contributed by atoms with Crippen LogP contribution in [-0.4, -0.2) is 29.3 Å². The fourth-order valence-corrected chi connectivity index (χ4v) is 2.59. The van der Waals surface area contributed by atoms with E-state index in [1.54, 1.807) is 12.1 Å². The van der Waals surface area contributed by atoms with Gasteiger partial charge in [-0.05, 0) is 36.8 Å². The van der Waals surface area contributed by atoms with Gasteiger partial charge in [-0.25, -0.2) is 4.79 Å². The number of nitrogens with one attached hydrogen (secondary N) is 1. The van der Waals surface area contributed by atoms with Crippen LogP contribution < -0.4 is 5.32 Å². The first-order chi connectivity index (χ1) is 9.51. The van der Waals surface area contributed by atoms with E-state index < -0.39 is 17.9 Å². The minimum atomic E-state index is -0.998. The fraction of sp³-hybridized carbons (Fsp3) is 0.429. The molecular weight excluding hydrogens is 298 g/mol. The van der Waals surface area contributed by atoms with Crippen molar-refractivity contribution >= 4 is 35.2 Å². The van der Waals surface area contributed by atoms with Crippen molar-refractivity contribution in [3.05, 3.63) is 28.8 Å². The van der Waals surface area contributed by atoms with Crippen LogP contribution in [0, 0.1) is 5.92 Å². The molecule has 20 heavy (non-hydrogen) atoms. The zero-order valence-corrected chi connectivity index (χ0v) is 12.6. The number of amides is 1. The van der Waals surface area contributed by atoms with Crippen molar-refractivity contribution in [1.82, 2.24) is 5.32 Å². The fourth-order valence-electron chi connectivity index (χ4n) is 1.95. The lowest BCUT2D eigenvalue weighted by Gasteiger charge is -2.15. The standard InChI is InChI=1S/C14H16ClNO3S/c1-20-9-4-5-11(15)10(7-9)13(17)16-12(14(18)19)6-8-2-3-8/h4-5,7-8,12H,2-3,6H2,1H3,(H,16,17)(H,18,19). The van der Waals surface area contributed by atoms with E-state index in [0.29, 0.717) is 22.9 Å². The van der Waals surface area contributed by atoms with E-state index in [9.17, 15) is 9.59 Å². The van der Waals surface area contributed by atoms with Gasteiger partial charge < -0.3 is 10.4 Å². The van der Waals surface area contributed by atoms with E-state index in [-0.39, 0.29) is 0 Å². The molecule has 2 rings (SSSR count). The van der Waals surface area contributed by atoms with Crippen molar-refractivity contribution in [3.63, 3.8) is 0 Å².